The van der Waals surface area contributed by atoms with E-state index in [9.17, 15) is 4.79 Å². The van der Waals surface area contributed by atoms with E-state index < -0.39 is 11.7 Å². The lowest BCUT2D eigenvalue weighted by Crippen LogP contribution is -2.53. The van der Waals surface area contributed by atoms with E-state index in [0.717, 1.165) is 44.0 Å². The van der Waals surface area contributed by atoms with Crippen molar-refractivity contribution in [1.29, 1.82) is 0 Å². The Bertz CT molecular complexity index is 811. The number of amides is 1. The summed E-state index contributed by atoms with van der Waals surface area (Å²) in [6.07, 6.45) is 4.91. The number of ether oxygens (including phenoxy) is 2. The first-order valence-electron chi connectivity index (χ1n) is 9.40. The van der Waals surface area contributed by atoms with Crippen molar-refractivity contribution < 1.29 is 14.3 Å². The van der Waals surface area contributed by atoms with Crippen LogP contribution in [-0.4, -0.2) is 53.7 Å². The van der Waals surface area contributed by atoms with Gasteiger partial charge in [-0.15, -0.1) is 0 Å². The molecule has 4 rings (SSSR count). The molecule has 0 saturated carbocycles. The molecule has 0 unspecified atom stereocenters. The lowest BCUT2D eigenvalue weighted by Gasteiger charge is -2.45. The van der Waals surface area contributed by atoms with Crippen LogP contribution < -0.4 is 10.1 Å². The number of nitrogens with one attached hydrogen (secondary N) is 1. The van der Waals surface area contributed by atoms with Crippen LogP contribution in [0.4, 0.5) is 0 Å². The summed E-state index contributed by atoms with van der Waals surface area (Å²) in [7, 11) is 3.34. The molecule has 27 heavy (non-hydrogen) atoms. The van der Waals surface area contributed by atoms with Crippen LogP contribution in [0.25, 0.3) is 0 Å². The average molecular weight is 370 g/mol. The first kappa shape index (κ1) is 18.0. The van der Waals surface area contributed by atoms with Crippen LogP contribution in [0.5, 0.6) is 5.75 Å². The second-order valence-electron chi connectivity index (χ2n) is 7.25. The van der Waals surface area contributed by atoms with Gasteiger partial charge >= 0.3 is 0 Å². The fourth-order valence-electron chi connectivity index (χ4n) is 4.14. The molecule has 1 N–H and O–H groups in total. The van der Waals surface area contributed by atoms with Gasteiger partial charge in [0.1, 0.15) is 17.2 Å². The molecule has 1 atom stereocenters. The van der Waals surface area contributed by atoms with Crippen molar-refractivity contribution in [2.75, 3.05) is 27.2 Å². The lowest BCUT2D eigenvalue weighted by molar-refractivity contribution is -0.173. The summed E-state index contributed by atoms with van der Waals surface area (Å²) in [6, 6.07) is 8.19. The number of nitrogens with zero attached hydrogens (tertiary/aromatic N) is 3. The molecule has 2 aromatic rings. The van der Waals surface area contributed by atoms with Crippen molar-refractivity contribution in [3.8, 4) is 5.75 Å². The normalized spacial score (nSPS) is 21.6. The molecule has 3 heterocycles. The number of piperidine rings is 1. The maximum Gasteiger partial charge on any atom is 0.250 e. The summed E-state index contributed by atoms with van der Waals surface area (Å²) in [5.41, 5.74) is 0.753. The number of benzene rings is 1. The van der Waals surface area contributed by atoms with E-state index in [1.54, 1.807) is 20.4 Å². The van der Waals surface area contributed by atoms with E-state index >= 15 is 0 Å². The molecule has 1 saturated heterocycles. The first-order valence-corrected chi connectivity index (χ1v) is 9.40. The number of imidazole rings is 1. The molecule has 7 heteroatoms. The Balaban J connectivity index is 1.48. The quantitative estimate of drug-likeness (QED) is 0.884. The Morgan fingerprint density at radius 2 is 2.22 bits per heavy atom. The van der Waals surface area contributed by atoms with Crippen molar-refractivity contribution in [3.05, 3.63) is 48.0 Å². The molecule has 0 radical (unpaired) electrons. The van der Waals surface area contributed by atoms with Crippen LogP contribution in [0.2, 0.25) is 0 Å². The summed E-state index contributed by atoms with van der Waals surface area (Å²) in [4.78, 5) is 19.2. The Hall–Kier alpha value is -2.38. The monoisotopic (exact) mass is 370 g/mol. The van der Waals surface area contributed by atoms with E-state index in [2.05, 4.69) is 31.9 Å². The van der Waals surface area contributed by atoms with E-state index in [-0.39, 0.29) is 5.91 Å². The lowest BCUT2D eigenvalue weighted by atomic mass is 9.88. The SMILES string of the molecule is CNC(=O)[C@H]1Cn2ccnc2C2(CCN(Cc3cccc(OC)c3)CC2)O1. The predicted molar refractivity (Wildman–Crippen MR) is 100 cm³/mol. The Kier molecular flexibility index (Phi) is 4.88. The molecule has 1 aromatic heterocycles. The number of likely N-dealkylation sites (tertiary alicyclic amines) is 1. The number of hydrogen-bond acceptors (Lipinski definition) is 5. The van der Waals surface area contributed by atoms with Crippen LogP contribution in [0, 0.1) is 0 Å². The summed E-state index contributed by atoms with van der Waals surface area (Å²) < 4.78 is 13.7. The van der Waals surface area contributed by atoms with Crippen molar-refractivity contribution in [2.24, 2.45) is 0 Å². The van der Waals surface area contributed by atoms with Gasteiger partial charge in [0.2, 0.25) is 0 Å². The molecule has 2 aliphatic rings. The third kappa shape index (κ3) is 3.44. The molecule has 2 aliphatic heterocycles. The van der Waals surface area contributed by atoms with Crippen LogP contribution in [0.15, 0.2) is 36.7 Å². The molecular formula is C20H26N4O3. The minimum atomic E-state index is -0.482. The highest BCUT2D eigenvalue weighted by atomic mass is 16.5. The Morgan fingerprint density at radius 1 is 1.41 bits per heavy atom. The number of hydrogen-bond donors (Lipinski definition) is 1. The van der Waals surface area contributed by atoms with E-state index in [0.29, 0.717) is 6.54 Å². The van der Waals surface area contributed by atoms with Gasteiger partial charge in [-0.1, -0.05) is 12.1 Å². The van der Waals surface area contributed by atoms with Gasteiger partial charge in [-0.3, -0.25) is 9.69 Å². The first-order chi connectivity index (χ1) is 13.1. The van der Waals surface area contributed by atoms with Crippen LogP contribution in [-0.2, 0) is 28.2 Å². The number of aromatic nitrogens is 2. The van der Waals surface area contributed by atoms with E-state index in [1.807, 2.05) is 18.3 Å². The van der Waals surface area contributed by atoms with Gasteiger partial charge in [0.05, 0.1) is 13.7 Å². The highest BCUT2D eigenvalue weighted by Crippen LogP contribution is 2.40. The van der Waals surface area contributed by atoms with Crippen molar-refractivity contribution in [3.63, 3.8) is 0 Å². The van der Waals surface area contributed by atoms with Crippen LogP contribution in [0.1, 0.15) is 24.2 Å². The zero-order valence-electron chi connectivity index (χ0n) is 15.9. The maximum absolute atomic E-state index is 12.2. The zero-order valence-corrected chi connectivity index (χ0v) is 15.9. The highest BCUT2D eigenvalue weighted by Gasteiger charge is 2.46. The molecule has 1 aromatic carbocycles. The van der Waals surface area contributed by atoms with Gasteiger partial charge in [0.25, 0.3) is 5.91 Å². The molecule has 1 amide bonds. The Morgan fingerprint density at radius 3 is 2.96 bits per heavy atom. The summed E-state index contributed by atoms with van der Waals surface area (Å²) in [6.45, 7) is 3.18. The molecule has 0 bridgehead atoms. The third-order valence-corrected chi connectivity index (χ3v) is 5.60. The van der Waals surface area contributed by atoms with Crippen molar-refractivity contribution >= 4 is 5.91 Å². The van der Waals surface area contributed by atoms with Gasteiger partial charge in [-0.05, 0) is 30.5 Å². The highest BCUT2D eigenvalue weighted by molar-refractivity contribution is 5.80. The van der Waals surface area contributed by atoms with Crippen molar-refractivity contribution in [1.82, 2.24) is 19.8 Å². The zero-order chi connectivity index (χ0) is 18.9. The number of rotatable bonds is 4. The molecule has 144 valence electrons. The summed E-state index contributed by atoms with van der Waals surface area (Å²) in [5, 5.41) is 2.71. The van der Waals surface area contributed by atoms with Gasteiger partial charge in [-0.2, -0.15) is 0 Å². The topological polar surface area (TPSA) is 68.6 Å². The van der Waals surface area contributed by atoms with Crippen molar-refractivity contribution in [2.45, 2.75) is 37.6 Å². The Labute approximate surface area is 159 Å². The molecular weight excluding hydrogens is 344 g/mol. The minimum absolute atomic E-state index is 0.0764. The van der Waals surface area contributed by atoms with Crippen LogP contribution >= 0.6 is 0 Å². The van der Waals surface area contributed by atoms with Gasteiger partial charge in [0.15, 0.2) is 6.10 Å². The van der Waals surface area contributed by atoms with Gasteiger partial charge in [-0.25, -0.2) is 4.98 Å². The fourth-order valence-corrected chi connectivity index (χ4v) is 4.14. The van der Waals surface area contributed by atoms with E-state index in [4.69, 9.17) is 9.47 Å². The van der Waals surface area contributed by atoms with Gasteiger partial charge < -0.3 is 19.4 Å². The second-order valence-corrected chi connectivity index (χ2v) is 7.25. The largest absolute Gasteiger partial charge is 0.497 e. The molecule has 0 aliphatic carbocycles. The summed E-state index contributed by atoms with van der Waals surface area (Å²) >= 11 is 0. The summed E-state index contributed by atoms with van der Waals surface area (Å²) in [5.74, 6) is 1.75. The number of likely N-dealkylation sites (N-methyl/N-ethyl adjacent to an activating group) is 1. The smallest absolute Gasteiger partial charge is 0.250 e. The second kappa shape index (κ2) is 7.32. The molecule has 1 fully saturated rings. The van der Waals surface area contributed by atoms with Gasteiger partial charge in [0, 0.05) is 39.1 Å². The number of fused-ring (bicyclic) bond motifs is 2. The maximum atomic E-state index is 12.2. The molecule has 7 nitrogen and oxygen atoms in total. The van der Waals surface area contributed by atoms with E-state index in [1.165, 1.54) is 5.56 Å². The van der Waals surface area contributed by atoms with Crippen LogP contribution in [0.3, 0.4) is 0 Å². The number of carbonyl (C=O) groups excluding carboxylic acids is 1. The predicted octanol–water partition coefficient (Wildman–Crippen LogP) is 1.53. The number of methoxy groups -OCH3 is 1. The third-order valence-electron chi connectivity index (χ3n) is 5.60. The minimum Gasteiger partial charge on any atom is -0.497 e. The number of carbonyl (C=O) groups is 1. The fraction of sp³-hybridized carbons (Fsp3) is 0.500. The standard InChI is InChI=1S/C20H26N4O3/c1-21-18(25)17-14-24-11-8-22-19(24)20(27-17)6-9-23(10-7-20)13-15-4-3-5-16(12-15)26-2/h3-5,8,11-12,17H,6-7,9-10,13-14H2,1-2H3,(H,21,25)/t17-/m1/s1. The molecule has 1 spiro atoms. The average Bonchev–Trinajstić information content (AvgIpc) is 3.19.